The molecule has 2 rings (SSSR count). The molecule has 1 unspecified atom stereocenters. The van der Waals surface area contributed by atoms with Crippen molar-refractivity contribution < 1.29 is 13.2 Å². The van der Waals surface area contributed by atoms with E-state index in [2.05, 4.69) is 23.5 Å². The molecule has 1 atom stereocenters. The molecule has 0 radical (unpaired) electrons. The lowest BCUT2D eigenvalue weighted by Gasteiger charge is -2.18. The average molecular weight is 394 g/mol. The molecule has 1 nitrogen and oxygen atoms in total. The van der Waals surface area contributed by atoms with Crippen LogP contribution < -0.4 is 5.32 Å². The first-order chi connectivity index (χ1) is 12.9. The molecular formula is C22H23ClF3N. The summed E-state index contributed by atoms with van der Waals surface area (Å²) >= 11 is 5.97. The fourth-order valence-corrected chi connectivity index (χ4v) is 3.11. The molecular weight excluding hydrogens is 371 g/mol. The molecule has 0 aliphatic rings. The van der Waals surface area contributed by atoms with Crippen molar-refractivity contribution in [3.63, 3.8) is 0 Å². The number of hydrogen-bond acceptors (Lipinski definition) is 1. The first-order valence-corrected chi connectivity index (χ1v) is 9.19. The number of rotatable bonds is 8. The van der Waals surface area contributed by atoms with Gasteiger partial charge in [0.1, 0.15) is 0 Å². The average Bonchev–Trinajstić information content (AvgIpc) is 2.64. The monoisotopic (exact) mass is 393 g/mol. The van der Waals surface area contributed by atoms with E-state index in [4.69, 9.17) is 11.6 Å². The lowest BCUT2D eigenvalue weighted by molar-refractivity contribution is -0.137. The van der Waals surface area contributed by atoms with Crippen LogP contribution in [-0.2, 0) is 12.7 Å². The van der Waals surface area contributed by atoms with E-state index in [-0.39, 0.29) is 17.5 Å². The third kappa shape index (κ3) is 6.56. The van der Waals surface area contributed by atoms with Crippen LogP contribution in [0.5, 0.6) is 0 Å². The molecule has 0 bridgehead atoms. The summed E-state index contributed by atoms with van der Waals surface area (Å²) in [4.78, 5) is 0. The van der Waals surface area contributed by atoms with E-state index in [1.165, 1.54) is 11.6 Å². The summed E-state index contributed by atoms with van der Waals surface area (Å²) in [6.07, 6.45) is 4.41. The zero-order valence-corrected chi connectivity index (χ0v) is 15.9. The Balaban J connectivity index is 2.05. The van der Waals surface area contributed by atoms with Gasteiger partial charge in [0, 0.05) is 13.1 Å². The predicted molar refractivity (Wildman–Crippen MR) is 106 cm³/mol. The Bertz CT molecular complexity index is 767. The quantitative estimate of drug-likeness (QED) is 0.489. The Morgan fingerprint density at radius 2 is 1.78 bits per heavy atom. The molecule has 0 amide bonds. The van der Waals surface area contributed by atoms with Gasteiger partial charge >= 0.3 is 6.18 Å². The van der Waals surface area contributed by atoms with Crippen LogP contribution in [0.15, 0.2) is 72.8 Å². The van der Waals surface area contributed by atoms with E-state index < -0.39 is 11.7 Å². The van der Waals surface area contributed by atoms with Crippen LogP contribution in [0.2, 0.25) is 5.02 Å². The largest absolute Gasteiger partial charge is 0.417 e. The molecule has 0 fully saturated rings. The van der Waals surface area contributed by atoms with Crippen molar-refractivity contribution in [3.05, 3.63) is 94.5 Å². The van der Waals surface area contributed by atoms with Crippen LogP contribution in [0.25, 0.3) is 0 Å². The second-order valence-electron chi connectivity index (χ2n) is 6.20. The van der Waals surface area contributed by atoms with Gasteiger partial charge in [-0.3, -0.25) is 0 Å². The molecule has 144 valence electrons. The summed E-state index contributed by atoms with van der Waals surface area (Å²) in [5.74, 6) is 0.220. The smallest absolute Gasteiger partial charge is 0.312 e. The van der Waals surface area contributed by atoms with Crippen LogP contribution >= 0.6 is 11.6 Å². The topological polar surface area (TPSA) is 12.0 Å². The molecule has 0 spiro atoms. The zero-order valence-electron chi connectivity index (χ0n) is 15.1. The first-order valence-electron chi connectivity index (χ1n) is 8.81. The molecule has 2 aromatic carbocycles. The van der Waals surface area contributed by atoms with Gasteiger partial charge in [-0.25, -0.2) is 0 Å². The van der Waals surface area contributed by atoms with Crippen molar-refractivity contribution in [2.45, 2.75) is 32.0 Å². The SMILES string of the molecule is C/C=C\C=C/CC(CNCc1cccc(C(F)(F)F)c1Cl)c1ccccc1. The third-order valence-corrected chi connectivity index (χ3v) is 4.67. The van der Waals surface area contributed by atoms with Crippen molar-refractivity contribution in [1.29, 1.82) is 0 Å². The van der Waals surface area contributed by atoms with E-state index in [0.717, 1.165) is 12.5 Å². The fraction of sp³-hybridized carbons (Fsp3) is 0.273. The number of halogens is 4. The number of hydrogen-bond donors (Lipinski definition) is 1. The second-order valence-corrected chi connectivity index (χ2v) is 6.58. The van der Waals surface area contributed by atoms with Gasteiger partial charge in [0.05, 0.1) is 10.6 Å². The minimum Gasteiger partial charge on any atom is -0.312 e. The predicted octanol–water partition coefficient (Wildman–Crippen LogP) is 6.75. The maximum atomic E-state index is 13.0. The summed E-state index contributed by atoms with van der Waals surface area (Å²) in [5.41, 5.74) is 0.838. The van der Waals surface area contributed by atoms with Crippen LogP contribution in [0.1, 0.15) is 36.0 Å². The lowest BCUT2D eigenvalue weighted by atomic mass is 9.95. The summed E-state index contributed by atoms with van der Waals surface area (Å²) in [6, 6.07) is 14.1. The second kappa shape index (κ2) is 10.3. The highest BCUT2D eigenvalue weighted by Crippen LogP contribution is 2.36. The van der Waals surface area contributed by atoms with Gasteiger partial charge in [-0.1, -0.05) is 78.4 Å². The maximum Gasteiger partial charge on any atom is 0.417 e. The molecule has 0 saturated carbocycles. The number of nitrogens with one attached hydrogen (secondary N) is 1. The van der Waals surface area contributed by atoms with Gasteiger partial charge < -0.3 is 5.32 Å². The van der Waals surface area contributed by atoms with Crippen LogP contribution in [0.3, 0.4) is 0 Å². The maximum absolute atomic E-state index is 13.0. The summed E-state index contributed by atoms with van der Waals surface area (Å²) in [7, 11) is 0. The fourth-order valence-electron chi connectivity index (χ4n) is 2.81. The molecule has 2 aromatic rings. The van der Waals surface area contributed by atoms with Crippen molar-refractivity contribution >= 4 is 11.6 Å². The summed E-state index contributed by atoms with van der Waals surface area (Å²) in [6.45, 7) is 2.88. The molecule has 0 aliphatic heterocycles. The van der Waals surface area contributed by atoms with Crippen molar-refractivity contribution in [2.75, 3.05) is 6.54 Å². The van der Waals surface area contributed by atoms with E-state index >= 15 is 0 Å². The Kier molecular flexibility index (Phi) is 8.14. The van der Waals surface area contributed by atoms with Crippen molar-refractivity contribution in [3.8, 4) is 0 Å². The van der Waals surface area contributed by atoms with Crippen molar-refractivity contribution in [2.24, 2.45) is 0 Å². The Labute approximate surface area is 163 Å². The third-order valence-electron chi connectivity index (χ3n) is 4.22. The highest BCUT2D eigenvalue weighted by atomic mass is 35.5. The Hall–Kier alpha value is -2.04. The molecule has 0 heterocycles. The van der Waals surface area contributed by atoms with Gasteiger partial charge in [0.25, 0.3) is 0 Å². The van der Waals surface area contributed by atoms with Gasteiger partial charge in [-0.15, -0.1) is 0 Å². The van der Waals surface area contributed by atoms with Gasteiger partial charge in [0.15, 0.2) is 0 Å². The zero-order chi connectivity index (χ0) is 19.7. The van der Waals surface area contributed by atoms with Crippen LogP contribution in [0.4, 0.5) is 13.2 Å². The number of allylic oxidation sites excluding steroid dienone is 4. The summed E-state index contributed by atoms with van der Waals surface area (Å²) in [5, 5.41) is 3.02. The van der Waals surface area contributed by atoms with Crippen LogP contribution in [0, 0.1) is 0 Å². The molecule has 1 N–H and O–H groups in total. The Morgan fingerprint density at radius 1 is 1.04 bits per heavy atom. The van der Waals surface area contributed by atoms with Gasteiger partial charge in [0.2, 0.25) is 0 Å². The van der Waals surface area contributed by atoms with Crippen molar-refractivity contribution in [1.82, 2.24) is 5.32 Å². The van der Waals surface area contributed by atoms with Crippen LogP contribution in [-0.4, -0.2) is 6.54 Å². The highest BCUT2D eigenvalue weighted by Gasteiger charge is 2.33. The molecule has 5 heteroatoms. The van der Waals surface area contributed by atoms with E-state index in [1.807, 2.05) is 43.4 Å². The van der Waals surface area contributed by atoms with E-state index in [1.54, 1.807) is 6.07 Å². The molecule has 0 aliphatic carbocycles. The number of alkyl halides is 3. The molecule has 0 aromatic heterocycles. The lowest BCUT2D eigenvalue weighted by Crippen LogP contribution is -2.21. The summed E-state index contributed by atoms with van der Waals surface area (Å²) < 4.78 is 39.0. The Morgan fingerprint density at radius 3 is 2.44 bits per heavy atom. The highest BCUT2D eigenvalue weighted by molar-refractivity contribution is 6.32. The molecule has 27 heavy (non-hydrogen) atoms. The standard InChI is InChI=1S/C22H23ClF3N/c1-2-3-4-6-12-18(17-10-7-5-8-11-17)15-27-16-19-13-9-14-20(21(19)23)22(24,25)26/h2-11,13-14,18,27H,12,15-16H2,1H3/b3-2-,6-4-. The van der Waals surface area contributed by atoms with E-state index in [9.17, 15) is 13.2 Å². The van der Waals surface area contributed by atoms with Gasteiger partial charge in [-0.05, 0) is 36.5 Å². The minimum absolute atomic E-state index is 0.220. The first kappa shape index (κ1) is 21.3. The number of benzene rings is 2. The normalized spacial score (nSPS) is 13.5. The van der Waals surface area contributed by atoms with Gasteiger partial charge in [-0.2, -0.15) is 13.2 Å². The van der Waals surface area contributed by atoms with E-state index in [0.29, 0.717) is 12.1 Å². The minimum atomic E-state index is -4.45. The molecule has 0 saturated heterocycles.